The summed E-state index contributed by atoms with van der Waals surface area (Å²) in [5.41, 5.74) is -4.79. The van der Waals surface area contributed by atoms with E-state index in [9.17, 15) is 35.9 Å². The Hall–Kier alpha value is -2.25. The zero-order valence-electron chi connectivity index (χ0n) is 21.4. The topological polar surface area (TPSA) is 106 Å². The number of benzene rings is 1. The van der Waals surface area contributed by atoms with E-state index in [4.69, 9.17) is 0 Å². The first-order chi connectivity index (χ1) is 18.2. The summed E-state index contributed by atoms with van der Waals surface area (Å²) in [5, 5.41) is 14.4. The third kappa shape index (κ3) is 5.17. The summed E-state index contributed by atoms with van der Waals surface area (Å²) in [5.74, 6) is -2.10. The maximum Gasteiger partial charge on any atom is 0.534 e. The van der Waals surface area contributed by atoms with Gasteiger partial charge in [-0.25, -0.2) is 9.37 Å². The van der Waals surface area contributed by atoms with E-state index in [1.807, 2.05) is 6.92 Å². The molecule has 3 aliphatic rings. The van der Waals surface area contributed by atoms with Crippen LogP contribution in [-0.4, -0.2) is 36.0 Å². The van der Waals surface area contributed by atoms with Crippen LogP contribution in [0, 0.1) is 35.9 Å². The summed E-state index contributed by atoms with van der Waals surface area (Å²) in [7, 11) is -5.99. The number of anilines is 1. The summed E-state index contributed by atoms with van der Waals surface area (Å²) in [4.78, 5) is 17.8. The predicted molar refractivity (Wildman–Crippen MR) is 136 cm³/mol. The number of aryl methyl sites for hydroxylation is 2. The Morgan fingerprint density at radius 2 is 2.05 bits per heavy atom. The number of fused-ring (bicyclic) bond motifs is 5. The Labute approximate surface area is 228 Å². The minimum Gasteiger partial charge on any atom is -0.393 e. The van der Waals surface area contributed by atoms with Gasteiger partial charge in [-0.3, -0.25) is 4.79 Å². The number of halogens is 4. The maximum absolute atomic E-state index is 14.9. The van der Waals surface area contributed by atoms with Gasteiger partial charge in [0.2, 0.25) is 5.91 Å². The quantitative estimate of drug-likeness (QED) is 0.255. The molecule has 2 fully saturated rings. The number of hydrogen-bond donors (Lipinski definition) is 2. The first-order valence-electron chi connectivity index (χ1n) is 12.9. The minimum absolute atomic E-state index is 0.0764. The van der Waals surface area contributed by atoms with Gasteiger partial charge in [0.25, 0.3) is 0 Å². The second-order valence-corrected chi connectivity index (χ2v) is 14.0. The molecule has 5 rings (SSSR count). The van der Waals surface area contributed by atoms with Crippen LogP contribution in [0.4, 0.5) is 22.7 Å². The number of thiazole rings is 1. The lowest BCUT2D eigenvalue weighted by Gasteiger charge is -2.51. The molecule has 1 aromatic heterocycles. The first kappa shape index (κ1) is 28.3. The molecule has 1 amide bonds. The molecule has 2 aromatic rings. The van der Waals surface area contributed by atoms with Crippen molar-refractivity contribution in [2.75, 3.05) is 5.32 Å². The fourth-order valence-electron chi connectivity index (χ4n) is 7.27. The molecule has 0 spiro atoms. The number of carbonyl (C=O) groups excluding carboxylic acids is 1. The molecule has 0 radical (unpaired) electrons. The molecule has 1 aromatic carbocycles. The number of nitrogens with one attached hydrogen (secondary N) is 1. The van der Waals surface area contributed by atoms with Gasteiger partial charge >= 0.3 is 15.6 Å². The van der Waals surface area contributed by atoms with Crippen LogP contribution in [0.15, 0.2) is 18.3 Å². The summed E-state index contributed by atoms with van der Waals surface area (Å²) in [6.45, 7) is 3.98. The highest BCUT2D eigenvalue weighted by atomic mass is 32.2. The van der Waals surface area contributed by atoms with Gasteiger partial charge in [0.15, 0.2) is 16.7 Å². The average Bonchev–Trinajstić information content (AvgIpc) is 3.36. The van der Waals surface area contributed by atoms with Crippen LogP contribution in [0.3, 0.4) is 0 Å². The van der Waals surface area contributed by atoms with Crippen molar-refractivity contribution in [2.45, 2.75) is 76.3 Å². The molecular formula is C26H30F4N2O5S2. The SMILES string of the molecule is Cc1cnc(NC(=O)CC[C@@H]2CC(O)[C@@]3(C)CCC4c5cc(F)c(OS(=O)(=O)C(F)(F)F)cc5CCC4C23)s1. The van der Waals surface area contributed by atoms with Crippen LogP contribution in [0.1, 0.15) is 67.4 Å². The molecule has 1 heterocycles. The van der Waals surface area contributed by atoms with Crippen molar-refractivity contribution >= 4 is 32.5 Å². The van der Waals surface area contributed by atoms with Crippen molar-refractivity contribution in [2.24, 2.45) is 23.2 Å². The number of hydrogen-bond acceptors (Lipinski definition) is 7. The molecule has 6 atom stereocenters. The molecule has 0 saturated heterocycles. The number of alkyl halides is 3. The monoisotopic (exact) mass is 590 g/mol. The zero-order chi connectivity index (χ0) is 28.3. The molecule has 0 aliphatic heterocycles. The van der Waals surface area contributed by atoms with E-state index in [1.165, 1.54) is 11.3 Å². The molecule has 214 valence electrons. The number of carbonyl (C=O) groups is 1. The van der Waals surface area contributed by atoms with Gasteiger partial charge in [0, 0.05) is 17.5 Å². The van der Waals surface area contributed by atoms with E-state index >= 15 is 0 Å². The zero-order valence-corrected chi connectivity index (χ0v) is 23.1. The first-order valence-corrected chi connectivity index (χ1v) is 15.2. The highest BCUT2D eigenvalue weighted by Gasteiger charge is 2.58. The molecule has 2 saturated carbocycles. The van der Waals surface area contributed by atoms with Gasteiger partial charge < -0.3 is 14.6 Å². The molecule has 7 nitrogen and oxygen atoms in total. The smallest absolute Gasteiger partial charge is 0.393 e. The number of rotatable bonds is 6. The van der Waals surface area contributed by atoms with E-state index in [0.29, 0.717) is 54.8 Å². The lowest BCUT2D eigenvalue weighted by Crippen LogP contribution is -2.45. The second-order valence-electron chi connectivity index (χ2n) is 11.2. The molecule has 4 unspecified atom stereocenters. The molecule has 2 N–H and O–H groups in total. The molecule has 3 aliphatic carbocycles. The number of nitrogens with zero attached hydrogens (tertiary/aromatic N) is 1. The van der Waals surface area contributed by atoms with E-state index in [1.54, 1.807) is 6.20 Å². The number of aliphatic hydroxyl groups is 1. The number of aliphatic hydroxyl groups excluding tert-OH is 1. The van der Waals surface area contributed by atoms with Crippen molar-refractivity contribution in [3.05, 3.63) is 40.2 Å². The fraction of sp³-hybridized carbons (Fsp3) is 0.615. The Morgan fingerprint density at radius 1 is 1.31 bits per heavy atom. The summed E-state index contributed by atoms with van der Waals surface area (Å²) >= 11 is 1.39. The molecule has 0 bridgehead atoms. The van der Waals surface area contributed by atoms with Gasteiger partial charge in [-0.05, 0) is 97.8 Å². The third-order valence-electron chi connectivity index (χ3n) is 8.96. The van der Waals surface area contributed by atoms with Crippen molar-refractivity contribution < 1.29 is 40.1 Å². The van der Waals surface area contributed by atoms with Crippen LogP contribution in [0.2, 0.25) is 0 Å². The Bertz CT molecular complexity index is 1380. The van der Waals surface area contributed by atoms with Gasteiger partial charge in [-0.2, -0.15) is 21.6 Å². The lowest BCUT2D eigenvalue weighted by atomic mass is 9.53. The molecule has 13 heteroatoms. The van der Waals surface area contributed by atoms with Crippen LogP contribution in [0.5, 0.6) is 5.75 Å². The van der Waals surface area contributed by atoms with Crippen molar-refractivity contribution in [1.82, 2.24) is 4.98 Å². The van der Waals surface area contributed by atoms with Crippen molar-refractivity contribution in [3.63, 3.8) is 0 Å². The van der Waals surface area contributed by atoms with Gasteiger partial charge in [-0.1, -0.05) is 6.92 Å². The van der Waals surface area contributed by atoms with Crippen LogP contribution < -0.4 is 9.50 Å². The van der Waals surface area contributed by atoms with Crippen LogP contribution in [-0.2, 0) is 21.3 Å². The molecular weight excluding hydrogens is 560 g/mol. The van der Waals surface area contributed by atoms with Gasteiger partial charge in [-0.15, -0.1) is 11.3 Å². The Balaban J connectivity index is 1.35. The Morgan fingerprint density at radius 3 is 2.72 bits per heavy atom. The van der Waals surface area contributed by atoms with E-state index < -0.39 is 33.3 Å². The summed E-state index contributed by atoms with van der Waals surface area (Å²) in [6.07, 6.45) is 5.01. The normalized spacial score (nSPS) is 30.3. The largest absolute Gasteiger partial charge is 0.534 e. The number of amides is 1. The van der Waals surface area contributed by atoms with Gasteiger partial charge in [0.1, 0.15) is 0 Å². The summed E-state index contributed by atoms with van der Waals surface area (Å²) in [6, 6.07) is 2.18. The number of aromatic nitrogens is 1. The van der Waals surface area contributed by atoms with Crippen molar-refractivity contribution in [1.29, 1.82) is 0 Å². The van der Waals surface area contributed by atoms with E-state index in [0.717, 1.165) is 17.0 Å². The molecule has 39 heavy (non-hydrogen) atoms. The van der Waals surface area contributed by atoms with Crippen molar-refractivity contribution in [3.8, 4) is 5.75 Å². The summed E-state index contributed by atoms with van der Waals surface area (Å²) < 4.78 is 80.2. The second kappa shape index (κ2) is 9.99. The van der Waals surface area contributed by atoms with E-state index in [2.05, 4.69) is 21.4 Å². The third-order valence-corrected chi connectivity index (χ3v) is 10.8. The van der Waals surface area contributed by atoms with E-state index in [-0.39, 0.29) is 41.4 Å². The Kier molecular flexibility index (Phi) is 7.24. The fourth-order valence-corrected chi connectivity index (χ4v) is 8.40. The van der Waals surface area contributed by atoms with Gasteiger partial charge in [0.05, 0.1) is 6.10 Å². The van der Waals surface area contributed by atoms with Crippen LogP contribution >= 0.6 is 11.3 Å². The lowest BCUT2D eigenvalue weighted by molar-refractivity contribution is -0.116. The highest BCUT2D eigenvalue weighted by molar-refractivity contribution is 7.88. The minimum atomic E-state index is -5.99. The van der Waals surface area contributed by atoms with Crippen LogP contribution in [0.25, 0.3) is 0 Å². The average molecular weight is 591 g/mol. The maximum atomic E-state index is 14.9. The standard InChI is InChI=1S/C26H30F4N2O5S2/c1-13-12-31-24(38-13)32-22(34)6-4-15-10-21(33)25(2)8-7-16-17(23(15)25)5-3-14-9-20(19(27)11-18(14)16)37-39(35,36)26(28,29)30/h9,11-12,15-17,21,23,33H,3-8,10H2,1-2H3,(H,31,32,34)/t15-,16?,17?,21?,23?,25-/m1/s1. The highest BCUT2D eigenvalue weighted by Crippen LogP contribution is 2.63. The predicted octanol–water partition coefficient (Wildman–Crippen LogP) is 5.68.